The molecule has 2 fully saturated rings. The number of hydrogen-bond donors (Lipinski definition) is 2. The summed E-state index contributed by atoms with van der Waals surface area (Å²) in [6.07, 6.45) is 5.96. The van der Waals surface area contributed by atoms with E-state index < -0.39 is 0 Å². The van der Waals surface area contributed by atoms with Gasteiger partial charge in [-0.3, -0.25) is 0 Å². The van der Waals surface area contributed by atoms with Crippen molar-refractivity contribution in [2.45, 2.75) is 24.9 Å². The first-order valence-electron chi connectivity index (χ1n) is 8.65. The van der Waals surface area contributed by atoms with E-state index in [2.05, 4.69) is 36.2 Å². The Kier molecular flexibility index (Phi) is 3.34. The Morgan fingerprint density at radius 3 is 2.68 bits per heavy atom. The molecule has 7 heteroatoms. The zero-order valence-electron chi connectivity index (χ0n) is 14.1. The minimum absolute atomic E-state index is 0.577. The Labute approximate surface area is 145 Å². The van der Waals surface area contributed by atoms with Gasteiger partial charge in [-0.15, -0.1) is 0 Å². The SMILES string of the molecule is COc1ccc(-c2cc3c(N4CC5CCC(C4)N5)ncnc3[nH]2)cn1. The molecule has 5 heterocycles. The molecule has 2 saturated heterocycles. The number of aromatic amines is 1. The highest BCUT2D eigenvalue weighted by Crippen LogP contribution is 2.31. The predicted octanol–water partition coefficient (Wildman–Crippen LogP) is 1.97. The summed E-state index contributed by atoms with van der Waals surface area (Å²) < 4.78 is 5.13. The van der Waals surface area contributed by atoms with Gasteiger partial charge in [-0.1, -0.05) is 0 Å². The quantitative estimate of drug-likeness (QED) is 0.761. The van der Waals surface area contributed by atoms with Gasteiger partial charge in [0, 0.05) is 48.7 Å². The van der Waals surface area contributed by atoms with E-state index in [0.29, 0.717) is 18.0 Å². The van der Waals surface area contributed by atoms with Gasteiger partial charge >= 0.3 is 0 Å². The second-order valence-corrected chi connectivity index (χ2v) is 6.77. The molecule has 0 radical (unpaired) electrons. The van der Waals surface area contributed by atoms with Crippen molar-refractivity contribution >= 4 is 16.9 Å². The number of nitrogens with one attached hydrogen (secondary N) is 2. The Balaban J connectivity index is 1.53. The van der Waals surface area contributed by atoms with Crippen molar-refractivity contribution in [3.63, 3.8) is 0 Å². The van der Waals surface area contributed by atoms with Crippen molar-refractivity contribution in [3.05, 3.63) is 30.7 Å². The maximum atomic E-state index is 5.13. The molecule has 0 spiro atoms. The molecule has 0 aromatic carbocycles. The number of methoxy groups -OCH3 is 1. The fourth-order valence-corrected chi connectivity index (χ4v) is 3.96. The van der Waals surface area contributed by atoms with Crippen LogP contribution in [0.3, 0.4) is 0 Å². The summed E-state index contributed by atoms with van der Waals surface area (Å²) >= 11 is 0. The summed E-state index contributed by atoms with van der Waals surface area (Å²) in [5.74, 6) is 1.63. The van der Waals surface area contributed by atoms with E-state index in [9.17, 15) is 0 Å². The number of anilines is 1. The van der Waals surface area contributed by atoms with Crippen LogP contribution in [0.5, 0.6) is 5.88 Å². The van der Waals surface area contributed by atoms with E-state index in [-0.39, 0.29) is 0 Å². The van der Waals surface area contributed by atoms with E-state index in [1.54, 1.807) is 13.4 Å². The summed E-state index contributed by atoms with van der Waals surface area (Å²) in [4.78, 5) is 19.1. The fourth-order valence-electron chi connectivity index (χ4n) is 3.96. The number of fused-ring (bicyclic) bond motifs is 3. The van der Waals surface area contributed by atoms with E-state index in [4.69, 9.17) is 4.74 Å². The van der Waals surface area contributed by atoms with Crippen LogP contribution < -0.4 is 15.0 Å². The molecule has 3 aromatic heterocycles. The number of nitrogens with zero attached hydrogens (tertiary/aromatic N) is 4. The first kappa shape index (κ1) is 14.7. The van der Waals surface area contributed by atoms with E-state index in [1.165, 1.54) is 12.8 Å². The summed E-state index contributed by atoms with van der Waals surface area (Å²) in [5, 5.41) is 4.73. The average Bonchev–Trinajstić information content (AvgIpc) is 3.24. The molecule has 2 bridgehead atoms. The Hall–Kier alpha value is -2.67. The summed E-state index contributed by atoms with van der Waals surface area (Å²) in [7, 11) is 1.62. The van der Waals surface area contributed by atoms with Gasteiger partial charge in [0.25, 0.3) is 0 Å². The van der Waals surface area contributed by atoms with Crippen molar-refractivity contribution in [2.75, 3.05) is 25.1 Å². The van der Waals surface area contributed by atoms with E-state index in [1.807, 2.05) is 18.3 Å². The third-order valence-electron chi connectivity index (χ3n) is 5.18. The average molecular weight is 336 g/mol. The molecule has 128 valence electrons. The molecule has 5 rings (SSSR count). The monoisotopic (exact) mass is 336 g/mol. The second-order valence-electron chi connectivity index (χ2n) is 6.77. The van der Waals surface area contributed by atoms with E-state index in [0.717, 1.165) is 41.2 Å². The van der Waals surface area contributed by atoms with Gasteiger partial charge in [-0.25, -0.2) is 15.0 Å². The minimum Gasteiger partial charge on any atom is -0.481 e. The summed E-state index contributed by atoms with van der Waals surface area (Å²) in [6, 6.07) is 7.13. The van der Waals surface area contributed by atoms with Crippen molar-refractivity contribution in [2.24, 2.45) is 0 Å². The lowest BCUT2D eigenvalue weighted by Crippen LogP contribution is -2.51. The largest absolute Gasteiger partial charge is 0.481 e. The standard InChI is InChI=1S/C18H20N6O/c1-25-16-5-2-11(7-19-16)15-6-14-17(23-15)20-10-21-18(14)24-8-12-3-4-13(9-24)22-12/h2,5-7,10,12-13,22H,3-4,8-9H2,1H3,(H,20,21,23). The topological polar surface area (TPSA) is 79.0 Å². The Morgan fingerprint density at radius 2 is 1.96 bits per heavy atom. The lowest BCUT2D eigenvalue weighted by atomic mass is 10.2. The van der Waals surface area contributed by atoms with Crippen molar-refractivity contribution in [3.8, 4) is 17.1 Å². The van der Waals surface area contributed by atoms with Crippen LogP contribution in [-0.4, -0.2) is 52.2 Å². The molecule has 2 aliphatic heterocycles. The third kappa shape index (κ3) is 2.51. The second kappa shape index (κ2) is 5.70. The first-order valence-corrected chi connectivity index (χ1v) is 8.65. The zero-order valence-corrected chi connectivity index (χ0v) is 14.1. The summed E-state index contributed by atoms with van der Waals surface area (Å²) in [6.45, 7) is 2.01. The van der Waals surface area contributed by atoms with Crippen molar-refractivity contribution in [1.82, 2.24) is 25.3 Å². The van der Waals surface area contributed by atoms with Crippen molar-refractivity contribution in [1.29, 1.82) is 0 Å². The third-order valence-corrected chi connectivity index (χ3v) is 5.18. The van der Waals surface area contributed by atoms with Gasteiger partial charge in [-0.05, 0) is 25.0 Å². The lowest BCUT2D eigenvalue weighted by molar-refractivity contribution is 0.398. The highest BCUT2D eigenvalue weighted by molar-refractivity contribution is 5.92. The Morgan fingerprint density at radius 1 is 1.12 bits per heavy atom. The maximum absolute atomic E-state index is 5.13. The van der Waals surface area contributed by atoms with Crippen LogP contribution in [0.4, 0.5) is 5.82 Å². The smallest absolute Gasteiger partial charge is 0.212 e. The maximum Gasteiger partial charge on any atom is 0.212 e. The fraction of sp³-hybridized carbons (Fsp3) is 0.389. The number of ether oxygens (including phenoxy) is 1. The van der Waals surface area contributed by atoms with Gasteiger partial charge in [0.05, 0.1) is 12.5 Å². The molecule has 25 heavy (non-hydrogen) atoms. The highest BCUT2D eigenvalue weighted by Gasteiger charge is 2.33. The zero-order chi connectivity index (χ0) is 16.8. The molecule has 0 amide bonds. The number of rotatable bonds is 3. The predicted molar refractivity (Wildman–Crippen MR) is 95.8 cm³/mol. The van der Waals surface area contributed by atoms with Crippen LogP contribution in [0.15, 0.2) is 30.7 Å². The van der Waals surface area contributed by atoms with E-state index >= 15 is 0 Å². The van der Waals surface area contributed by atoms with Crippen LogP contribution in [0.25, 0.3) is 22.3 Å². The molecule has 2 aliphatic rings. The minimum atomic E-state index is 0.577. The molecule has 7 nitrogen and oxygen atoms in total. The first-order chi connectivity index (χ1) is 12.3. The van der Waals surface area contributed by atoms with Crippen LogP contribution in [0.2, 0.25) is 0 Å². The molecule has 3 aromatic rings. The molecule has 0 saturated carbocycles. The summed E-state index contributed by atoms with van der Waals surface area (Å²) in [5.41, 5.74) is 2.86. The number of H-pyrrole nitrogens is 1. The van der Waals surface area contributed by atoms with Crippen LogP contribution in [0, 0.1) is 0 Å². The van der Waals surface area contributed by atoms with Gasteiger partial charge in [-0.2, -0.15) is 0 Å². The molecule has 2 atom stereocenters. The molecule has 0 aliphatic carbocycles. The lowest BCUT2D eigenvalue weighted by Gasteiger charge is -2.33. The number of hydrogen-bond acceptors (Lipinski definition) is 6. The number of pyridine rings is 1. The molecular formula is C18H20N6O. The number of aromatic nitrogens is 4. The molecular weight excluding hydrogens is 316 g/mol. The van der Waals surface area contributed by atoms with Gasteiger partial charge in [0.2, 0.25) is 5.88 Å². The number of piperazine rings is 1. The highest BCUT2D eigenvalue weighted by atomic mass is 16.5. The normalized spacial score (nSPS) is 22.5. The molecule has 2 N–H and O–H groups in total. The Bertz CT molecular complexity index is 894. The molecule has 2 unspecified atom stereocenters. The van der Waals surface area contributed by atoms with Gasteiger partial charge in [0.15, 0.2) is 0 Å². The van der Waals surface area contributed by atoms with Gasteiger partial charge < -0.3 is 19.9 Å². The van der Waals surface area contributed by atoms with Gasteiger partial charge in [0.1, 0.15) is 17.8 Å². The van der Waals surface area contributed by atoms with Crippen LogP contribution in [0.1, 0.15) is 12.8 Å². The van der Waals surface area contributed by atoms with Crippen LogP contribution >= 0.6 is 0 Å². The van der Waals surface area contributed by atoms with Crippen molar-refractivity contribution < 1.29 is 4.74 Å². The van der Waals surface area contributed by atoms with Crippen LogP contribution in [-0.2, 0) is 0 Å².